The first-order chi connectivity index (χ1) is 7.14. The summed E-state index contributed by atoms with van der Waals surface area (Å²) >= 11 is 1.73. The van der Waals surface area contributed by atoms with Crippen molar-refractivity contribution < 1.29 is 14.7 Å². The van der Waals surface area contributed by atoms with Gasteiger partial charge in [-0.25, -0.2) is 4.79 Å². The average Bonchev–Trinajstić information content (AvgIpc) is 2.50. The van der Waals surface area contributed by atoms with Crippen LogP contribution in [0.4, 0.5) is 0 Å². The number of carboxylic acid groups (broad SMARTS) is 1. The topological polar surface area (TPSA) is 66.4 Å². The molecule has 0 unspecified atom stereocenters. The fourth-order valence-corrected chi connectivity index (χ4v) is 2.87. The van der Waals surface area contributed by atoms with Gasteiger partial charge < -0.3 is 10.4 Å². The second-order valence-corrected chi connectivity index (χ2v) is 5.39. The molecule has 0 aromatic rings. The molecule has 84 valence electrons. The van der Waals surface area contributed by atoms with Crippen molar-refractivity contribution >= 4 is 23.6 Å². The zero-order valence-electron chi connectivity index (χ0n) is 8.49. The van der Waals surface area contributed by atoms with E-state index in [2.05, 4.69) is 5.32 Å². The number of nitrogens with one attached hydrogen (secondary N) is 1. The highest BCUT2D eigenvalue weighted by Gasteiger charge is 2.44. The van der Waals surface area contributed by atoms with Crippen molar-refractivity contribution in [1.82, 2.24) is 5.32 Å². The molecule has 2 aliphatic rings. The van der Waals surface area contributed by atoms with Crippen molar-refractivity contribution in [2.24, 2.45) is 5.92 Å². The van der Waals surface area contributed by atoms with Gasteiger partial charge in [-0.1, -0.05) is 12.8 Å². The third kappa shape index (κ3) is 1.97. The molecule has 1 amide bonds. The van der Waals surface area contributed by atoms with E-state index in [0.29, 0.717) is 12.8 Å². The molecular formula is C10H15NO3S. The molecule has 1 heterocycles. The van der Waals surface area contributed by atoms with Gasteiger partial charge in [-0.15, -0.1) is 0 Å². The first kappa shape index (κ1) is 10.8. The van der Waals surface area contributed by atoms with Gasteiger partial charge in [0.15, 0.2) is 0 Å². The van der Waals surface area contributed by atoms with E-state index < -0.39 is 11.5 Å². The predicted molar refractivity (Wildman–Crippen MR) is 57.8 cm³/mol. The highest BCUT2D eigenvalue weighted by Crippen LogP contribution is 2.32. The Kier molecular flexibility index (Phi) is 2.91. The van der Waals surface area contributed by atoms with E-state index in [1.807, 2.05) is 0 Å². The second-order valence-electron chi connectivity index (χ2n) is 4.32. The van der Waals surface area contributed by atoms with E-state index >= 15 is 0 Å². The molecule has 1 saturated carbocycles. The number of hydrogen-bond donors (Lipinski definition) is 2. The minimum atomic E-state index is -0.961. The maximum absolute atomic E-state index is 11.7. The summed E-state index contributed by atoms with van der Waals surface area (Å²) in [6.07, 6.45) is 2.94. The van der Waals surface area contributed by atoms with Crippen LogP contribution in [0.15, 0.2) is 0 Å². The Morgan fingerprint density at radius 1 is 1.27 bits per heavy atom. The Morgan fingerprint density at radius 3 is 2.27 bits per heavy atom. The molecule has 5 heteroatoms. The third-order valence-corrected chi connectivity index (χ3v) is 4.51. The van der Waals surface area contributed by atoms with E-state index in [0.717, 1.165) is 24.3 Å². The first-order valence-corrected chi connectivity index (χ1v) is 6.43. The zero-order chi connectivity index (χ0) is 10.9. The molecule has 0 atom stereocenters. The lowest BCUT2D eigenvalue weighted by atomic mass is 9.96. The van der Waals surface area contributed by atoms with Gasteiger partial charge in [0.05, 0.1) is 5.92 Å². The molecule has 0 aromatic carbocycles. The summed E-state index contributed by atoms with van der Waals surface area (Å²) in [5.41, 5.74) is -0.961. The van der Waals surface area contributed by atoms with Gasteiger partial charge in [-0.05, 0) is 12.8 Å². The fraction of sp³-hybridized carbons (Fsp3) is 0.800. The molecule has 2 fully saturated rings. The number of carbonyl (C=O) groups is 2. The molecule has 1 aliphatic heterocycles. The van der Waals surface area contributed by atoms with Crippen molar-refractivity contribution in [3.8, 4) is 0 Å². The summed E-state index contributed by atoms with van der Waals surface area (Å²) in [6.45, 7) is 0. The maximum atomic E-state index is 11.7. The van der Waals surface area contributed by atoms with Gasteiger partial charge in [0, 0.05) is 11.5 Å². The van der Waals surface area contributed by atoms with E-state index in [1.165, 1.54) is 0 Å². The van der Waals surface area contributed by atoms with Crippen molar-refractivity contribution in [1.29, 1.82) is 0 Å². The molecule has 0 radical (unpaired) electrons. The van der Waals surface area contributed by atoms with Crippen LogP contribution in [0.2, 0.25) is 0 Å². The van der Waals surface area contributed by atoms with Crippen molar-refractivity contribution in [3.63, 3.8) is 0 Å². The molecule has 4 nitrogen and oxygen atoms in total. The standard InChI is InChI=1S/C10H15NO3S/c12-8(7-5-15-6-7)11-10(9(13)14)3-1-2-4-10/h7H,1-6H2,(H,11,12)(H,13,14). The van der Waals surface area contributed by atoms with Gasteiger partial charge in [0.1, 0.15) is 5.54 Å². The molecule has 2 N–H and O–H groups in total. The predicted octanol–water partition coefficient (Wildman–Crippen LogP) is 0.863. The number of thioether (sulfide) groups is 1. The molecular weight excluding hydrogens is 214 g/mol. The van der Waals surface area contributed by atoms with E-state index in [1.54, 1.807) is 11.8 Å². The van der Waals surface area contributed by atoms with Crippen molar-refractivity contribution in [3.05, 3.63) is 0 Å². The number of carbonyl (C=O) groups excluding carboxylic acids is 1. The normalized spacial score (nSPS) is 24.5. The molecule has 0 bridgehead atoms. The minimum absolute atomic E-state index is 0.0341. The highest BCUT2D eigenvalue weighted by atomic mass is 32.2. The molecule has 1 aliphatic carbocycles. The van der Waals surface area contributed by atoms with E-state index in [9.17, 15) is 9.59 Å². The zero-order valence-corrected chi connectivity index (χ0v) is 9.31. The van der Waals surface area contributed by atoms with Crippen LogP contribution in [0, 0.1) is 5.92 Å². The number of hydrogen-bond acceptors (Lipinski definition) is 3. The molecule has 15 heavy (non-hydrogen) atoms. The number of carboxylic acids is 1. The Labute approximate surface area is 92.8 Å². The van der Waals surface area contributed by atoms with Crippen LogP contribution in [0.1, 0.15) is 25.7 Å². The Bertz CT molecular complexity index is 282. The van der Waals surface area contributed by atoms with E-state index in [4.69, 9.17) is 5.11 Å². The maximum Gasteiger partial charge on any atom is 0.329 e. The Balaban J connectivity index is 2.00. The average molecular weight is 229 g/mol. The Morgan fingerprint density at radius 2 is 1.87 bits per heavy atom. The molecule has 0 spiro atoms. The lowest BCUT2D eigenvalue weighted by molar-refractivity contribution is -0.147. The van der Waals surface area contributed by atoms with Gasteiger partial charge in [0.25, 0.3) is 0 Å². The quantitative estimate of drug-likeness (QED) is 0.753. The van der Waals surface area contributed by atoms with Gasteiger partial charge >= 0.3 is 5.97 Å². The van der Waals surface area contributed by atoms with Crippen LogP contribution in [0.5, 0.6) is 0 Å². The largest absolute Gasteiger partial charge is 0.480 e. The summed E-state index contributed by atoms with van der Waals surface area (Å²) in [7, 11) is 0. The van der Waals surface area contributed by atoms with Crippen LogP contribution in [-0.4, -0.2) is 34.0 Å². The molecule has 1 saturated heterocycles. The van der Waals surface area contributed by atoms with Crippen LogP contribution >= 0.6 is 11.8 Å². The van der Waals surface area contributed by atoms with Crippen molar-refractivity contribution in [2.45, 2.75) is 31.2 Å². The Hall–Kier alpha value is -0.710. The summed E-state index contributed by atoms with van der Waals surface area (Å²) in [6, 6.07) is 0. The summed E-state index contributed by atoms with van der Waals surface area (Å²) < 4.78 is 0. The lowest BCUT2D eigenvalue weighted by Crippen LogP contribution is -2.55. The number of amides is 1. The van der Waals surface area contributed by atoms with Crippen LogP contribution in [0.3, 0.4) is 0 Å². The smallest absolute Gasteiger partial charge is 0.329 e. The fourth-order valence-electron chi connectivity index (χ4n) is 2.10. The third-order valence-electron chi connectivity index (χ3n) is 3.24. The summed E-state index contributed by atoms with van der Waals surface area (Å²) in [5, 5.41) is 11.9. The highest BCUT2D eigenvalue weighted by molar-refractivity contribution is 8.00. The SMILES string of the molecule is O=C(NC1(C(=O)O)CCCC1)C1CSC1. The number of aliphatic carboxylic acids is 1. The molecule has 2 rings (SSSR count). The van der Waals surface area contributed by atoms with E-state index in [-0.39, 0.29) is 11.8 Å². The van der Waals surface area contributed by atoms with Gasteiger partial charge in [-0.3, -0.25) is 4.79 Å². The lowest BCUT2D eigenvalue weighted by Gasteiger charge is -2.30. The minimum Gasteiger partial charge on any atom is -0.480 e. The number of rotatable bonds is 3. The van der Waals surface area contributed by atoms with Gasteiger partial charge in [0.2, 0.25) is 5.91 Å². The monoisotopic (exact) mass is 229 g/mol. The van der Waals surface area contributed by atoms with Crippen LogP contribution in [-0.2, 0) is 9.59 Å². The summed E-state index contributed by atoms with van der Waals surface area (Å²) in [5.74, 6) is 0.758. The second kappa shape index (κ2) is 4.04. The van der Waals surface area contributed by atoms with Crippen molar-refractivity contribution in [2.75, 3.05) is 11.5 Å². The van der Waals surface area contributed by atoms with Gasteiger partial charge in [-0.2, -0.15) is 11.8 Å². The van der Waals surface area contributed by atoms with Crippen LogP contribution < -0.4 is 5.32 Å². The first-order valence-electron chi connectivity index (χ1n) is 5.27. The summed E-state index contributed by atoms with van der Waals surface area (Å²) in [4.78, 5) is 22.9. The van der Waals surface area contributed by atoms with Crippen LogP contribution in [0.25, 0.3) is 0 Å². The molecule has 0 aromatic heterocycles.